The van der Waals surface area contributed by atoms with Gasteiger partial charge in [-0.05, 0) is 25.0 Å². The number of aryl methyl sites for hydroxylation is 1. The molecule has 0 saturated carbocycles. The van der Waals surface area contributed by atoms with Crippen molar-refractivity contribution in [2.45, 2.75) is 26.2 Å². The number of aromatic hydroxyl groups is 1. The van der Waals surface area contributed by atoms with Crippen LogP contribution in [0.4, 0.5) is 0 Å². The number of carbonyl (C=O) groups is 1. The van der Waals surface area contributed by atoms with Crippen molar-refractivity contribution in [3.8, 4) is 5.75 Å². The zero-order chi connectivity index (χ0) is 13.1. The molecule has 0 aliphatic carbocycles. The number of hydrogen-bond acceptors (Lipinski definition) is 3. The van der Waals surface area contributed by atoms with Crippen LogP contribution in [0.3, 0.4) is 0 Å². The van der Waals surface area contributed by atoms with E-state index in [1.54, 1.807) is 24.3 Å². The third kappa shape index (κ3) is 2.27. The summed E-state index contributed by atoms with van der Waals surface area (Å²) in [6, 6.07) is 6.61. The third-order valence-electron chi connectivity index (χ3n) is 2.89. The molecular weight excluding hydrogens is 230 g/mol. The predicted octanol–water partition coefficient (Wildman–Crippen LogP) is 2.98. The largest absolute Gasteiger partial charge is 0.507 e. The SMILES string of the molecule is CCCCc1cc2c(O)cccc2c(C(=O)O)n1. The van der Waals surface area contributed by atoms with E-state index in [1.807, 2.05) is 0 Å². The van der Waals surface area contributed by atoms with Crippen molar-refractivity contribution in [3.05, 3.63) is 35.7 Å². The van der Waals surface area contributed by atoms with Crippen molar-refractivity contribution in [2.75, 3.05) is 0 Å². The van der Waals surface area contributed by atoms with Gasteiger partial charge in [-0.25, -0.2) is 9.78 Å². The summed E-state index contributed by atoms with van der Waals surface area (Å²) in [5, 5.41) is 20.0. The van der Waals surface area contributed by atoms with Gasteiger partial charge in [-0.1, -0.05) is 25.5 Å². The van der Waals surface area contributed by atoms with Crippen LogP contribution in [-0.4, -0.2) is 21.2 Å². The Labute approximate surface area is 105 Å². The topological polar surface area (TPSA) is 70.4 Å². The van der Waals surface area contributed by atoms with Crippen molar-refractivity contribution in [2.24, 2.45) is 0 Å². The lowest BCUT2D eigenvalue weighted by atomic mass is 10.1. The van der Waals surface area contributed by atoms with Crippen LogP contribution in [0, 0.1) is 0 Å². The summed E-state index contributed by atoms with van der Waals surface area (Å²) in [4.78, 5) is 15.4. The monoisotopic (exact) mass is 245 g/mol. The van der Waals surface area contributed by atoms with E-state index in [0.29, 0.717) is 16.5 Å². The number of rotatable bonds is 4. The van der Waals surface area contributed by atoms with Crippen molar-refractivity contribution in [1.82, 2.24) is 4.98 Å². The summed E-state index contributed by atoms with van der Waals surface area (Å²) in [5.41, 5.74) is 0.720. The van der Waals surface area contributed by atoms with Crippen LogP contribution < -0.4 is 0 Å². The Balaban J connectivity index is 2.63. The van der Waals surface area contributed by atoms with Gasteiger partial charge in [0.1, 0.15) is 5.75 Å². The number of nitrogens with zero attached hydrogens (tertiary/aromatic N) is 1. The summed E-state index contributed by atoms with van der Waals surface area (Å²) < 4.78 is 0. The van der Waals surface area contributed by atoms with Crippen LogP contribution in [-0.2, 0) is 6.42 Å². The number of unbranched alkanes of at least 4 members (excludes halogenated alkanes) is 1. The van der Waals surface area contributed by atoms with Gasteiger partial charge in [-0.15, -0.1) is 0 Å². The minimum absolute atomic E-state index is 0.00880. The first-order chi connectivity index (χ1) is 8.63. The van der Waals surface area contributed by atoms with Gasteiger partial charge in [0.15, 0.2) is 5.69 Å². The lowest BCUT2D eigenvalue weighted by Gasteiger charge is -2.07. The summed E-state index contributed by atoms with van der Waals surface area (Å²) in [7, 11) is 0. The number of phenols is 1. The molecule has 0 fully saturated rings. The number of fused-ring (bicyclic) bond motifs is 1. The van der Waals surface area contributed by atoms with Gasteiger partial charge in [0, 0.05) is 16.5 Å². The first-order valence-corrected chi connectivity index (χ1v) is 5.98. The number of phenolic OH excluding ortho intramolecular Hbond substituents is 1. The highest BCUT2D eigenvalue weighted by Gasteiger charge is 2.14. The molecule has 1 heterocycles. The smallest absolute Gasteiger partial charge is 0.355 e. The van der Waals surface area contributed by atoms with Crippen LogP contribution in [0.1, 0.15) is 35.9 Å². The number of benzene rings is 1. The van der Waals surface area contributed by atoms with Gasteiger partial charge in [0.25, 0.3) is 0 Å². The Bertz CT molecular complexity index is 593. The average Bonchev–Trinajstić information content (AvgIpc) is 2.36. The van der Waals surface area contributed by atoms with E-state index < -0.39 is 5.97 Å². The second-order valence-electron chi connectivity index (χ2n) is 4.24. The van der Waals surface area contributed by atoms with E-state index in [1.165, 1.54) is 0 Å². The molecule has 2 N–H and O–H groups in total. The van der Waals surface area contributed by atoms with E-state index >= 15 is 0 Å². The summed E-state index contributed by atoms with van der Waals surface area (Å²) in [6.07, 6.45) is 2.69. The molecule has 0 aliphatic rings. The fourth-order valence-electron chi connectivity index (χ4n) is 1.96. The Morgan fingerprint density at radius 2 is 2.11 bits per heavy atom. The van der Waals surface area contributed by atoms with Crippen molar-refractivity contribution in [3.63, 3.8) is 0 Å². The minimum atomic E-state index is -1.07. The van der Waals surface area contributed by atoms with Gasteiger partial charge in [0.05, 0.1) is 0 Å². The zero-order valence-electron chi connectivity index (χ0n) is 10.2. The molecule has 0 amide bonds. The van der Waals surface area contributed by atoms with Gasteiger partial charge in [-0.2, -0.15) is 0 Å². The van der Waals surface area contributed by atoms with Crippen LogP contribution in [0.2, 0.25) is 0 Å². The molecule has 1 aromatic carbocycles. The first kappa shape index (κ1) is 12.4. The quantitative estimate of drug-likeness (QED) is 0.868. The Morgan fingerprint density at radius 1 is 1.33 bits per heavy atom. The molecule has 4 nitrogen and oxygen atoms in total. The van der Waals surface area contributed by atoms with Gasteiger partial charge >= 0.3 is 5.97 Å². The third-order valence-corrected chi connectivity index (χ3v) is 2.89. The zero-order valence-corrected chi connectivity index (χ0v) is 10.2. The van der Waals surface area contributed by atoms with Crippen LogP contribution >= 0.6 is 0 Å². The fraction of sp³-hybridized carbons (Fsp3) is 0.286. The molecule has 0 spiro atoms. The molecule has 2 rings (SSSR count). The van der Waals surface area contributed by atoms with Crippen molar-refractivity contribution in [1.29, 1.82) is 0 Å². The lowest BCUT2D eigenvalue weighted by Crippen LogP contribution is -2.04. The van der Waals surface area contributed by atoms with Gasteiger partial charge < -0.3 is 10.2 Å². The minimum Gasteiger partial charge on any atom is -0.507 e. The molecule has 0 saturated heterocycles. The molecule has 2 aromatic rings. The summed E-state index contributed by atoms with van der Waals surface area (Å²) in [6.45, 7) is 2.07. The standard InChI is InChI=1S/C14H15NO3/c1-2-3-5-9-8-11-10(6-4-7-12(11)16)13(15-9)14(17)18/h4,6-8,16H,2-3,5H2,1H3,(H,17,18). The second-order valence-corrected chi connectivity index (χ2v) is 4.24. The highest BCUT2D eigenvalue weighted by molar-refractivity contribution is 6.03. The molecular formula is C14H15NO3. The average molecular weight is 245 g/mol. The van der Waals surface area contributed by atoms with E-state index in [2.05, 4.69) is 11.9 Å². The Kier molecular flexibility index (Phi) is 3.46. The molecule has 18 heavy (non-hydrogen) atoms. The Morgan fingerprint density at radius 3 is 2.78 bits per heavy atom. The molecule has 94 valence electrons. The fourth-order valence-corrected chi connectivity index (χ4v) is 1.96. The van der Waals surface area contributed by atoms with Gasteiger partial charge in [-0.3, -0.25) is 0 Å². The van der Waals surface area contributed by atoms with Crippen LogP contribution in [0.5, 0.6) is 5.75 Å². The predicted molar refractivity (Wildman–Crippen MR) is 69.0 cm³/mol. The van der Waals surface area contributed by atoms with E-state index in [4.69, 9.17) is 0 Å². The summed E-state index contributed by atoms with van der Waals surface area (Å²) in [5.74, 6) is -0.973. The molecule has 0 unspecified atom stereocenters. The lowest BCUT2D eigenvalue weighted by molar-refractivity contribution is 0.0692. The molecule has 0 atom stereocenters. The number of aromatic nitrogens is 1. The molecule has 0 aliphatic heterocycles. The number of aromatic carboxylic acids is 1. The highest BCUT2D eigenvalue weighted by atomic mass is 16.4. The molecule has 1 aromatic heterocycles. The highest BCUT2D eigenvalue weighted by Crippen LogP contribution is 2.27. The molecule has 0 radical (unpaired) electrons. The maximum Gasteiger partial charge on any atom is 0.355 e. The molecule has 4 heteroatoms. The number of pyridine rings is 1. The van der Waals surface area contributed by atoms with E-state index in [0.717, 1.165) is 19.3 Å². The number of carboxylic acid groups (broad SMARTS) is 1. The van der Waals surface area contributed by atoms with Crippen molar-refractivity contribution >= 4 is 16.7 Å². The number of carboxylic acids is 1. The molecule has 0 bridgehead atoms. The van der Waals surface area contributed by atoms with E-state index in [9.17, 15) is 15.0 Å². The summed E-state index contributed by atoms with van der Waals surface area (Å²) >= 11 is 0. The normalized spacial score (nSPS) is 10.7. The Hall–Kier alpha value is -2.10. The van der Waals surface area contributed by atoms with E-state index in [-0.39, 0.29) is 11.4 Å². The maximum absolute atomic E-state index is 11.2. The number of hydrogen-bond donors (Lipinski definition) is 2. The second kappa shape index (κ2) is 5.04. The van der Waals surface area contributed by atoms with Crippen molar-refractivity contribution < 1.29 is 15.0 Å². The first-order valence-electron chi connectivity index (χ1n) is 5.98. The maximum atomic E-state index is 11.2. The van der Waals surface area contributed by atoms with Gasteiger partial charge in [0.2, 0.25) is 0 Å². The van der Waals surface area contributed by atoms with Crippen LogP contribution in [0.25, 0.3) is 10.8 Å². The van der Waals surface area contributed by atoms with Crippen LogP contribution in [0.15, 0.2) is 24.3 Å².